The van der Waals surface area contributed by atoms with E-state index in [4.69, 9.17) is 5.73 Å². The van der Waals surface area contributed by atoms with Gasteiger partial charge in [-0.1, -0.05) is 0 Å². The molecule has 0 radical (unpaired) electrons. The summed E-state index contributed by atoms with van der Waals surface area (Å²) in [5.41, 5.74) is 6.46. The third-order valence-corrected chi connectivity index (χ3v) is 2.76. The molecule has 0 atom stereocenters. The molecule has 1 aliphatic heterocycles. The van der Waals surface area contributed by atoms with Gasteiger partial charge in [0.25, 0.3) is 5.91 Å². The van der Waals surface area contributed by atoms with Crippen LogP contribution in [-0.2, 0) is 11.2 Å². The number of halogens is 2. The summed E-state index contributed by atoms with van der Waals surface area (Å²) < 4.78 is 13.7. The van der Waals surface area contributed by atoms with E-state index in [1.807, 2.05) is 0 Å². The SMILES string of the molecule is Cl.NCCNC(=O)c1cc2c(cc1F)NC(=O)CC2. The quantitative estimate of drug-likeness (QED) is 0.769. The lowest BCUT2D eigenvalue weighted by Gasteiger charge is -2.18. The molecule has 1 heterocycles. The highest BCUT2D eigenvalue weighted by atomic mass is 35.5. The molecule has 0 aliphatic carbocycles. The van der Waals surface area contributed by atoms with Crippen LogP contribution in [0.3, 0.4) is 0 Å². The molecule has 0 unspecified atom stereocenters. The third-order valence-electron chi connectivity index (χ3n) is 2.76. The summed E-state index contributed by atoms with van der Waals surface area (Å²) in [5.74, 6) is -1.27. The molecule has 1 aromatic rings. The summed E-state index contributed by atoms with van der Waals surface area (Å²) in [4.78, 5) is 22.9. The Kier molecular flexibility index (Phi) is 5.26. The number of nitrogens with one attached hydrogen (secondary N) is 2. The molecule has 1 aromatic carbocycles. The van der Waals surface area contributed by atoms with Crippen molar-refractivity contribution in [3.05, 3.63) is 29.1 Å². The molecule has 0 fully saturated rings. The monoisotopic (exact) mass is 287 g/mol. The third kappa shape index (κ3) is 3.42. The Bertz CT molecular complexity index is 508. The zero-order valence-electron chi connectivity index (χ0n) is 10.2. The number of rotatable bonds is 3. The minimum absolute atomic E-state index is 0. The molecule has 5 nitrogen and oxygen atoms in total. The topological polar surface area (TPSA) is 84.2 Å². The molecule has 0 bridgehead atoms. The molecule has 1 aliphatic rings. The molecule has 104 valence electrons. The van der Waals surface area contributed by atoms with Gasteiger partial charge in [-0.05, 0) is 24.1 Å². The highest BCUT2D eigenvalue weighted by Gasteiger charge is 2.20. The van der Waals surface area contributed by atoms with Crippen LogP contribution in [0.15, 0.2) is 12.1 Å². The number of benzene rings is 1. The Morgan fingerprint density at radius 3 is 2.84 bits per heavy atom. The van der Waals surface area contributed by atoms with Crippen molar-refractivity contribution >= 4 is 29.9 Å². The van der Waals surface area contributed by atoms with Crippen molar-refractivity contribution in [1.82, 2.24) is 5.32 Å². The number of hydrogen-bond donors (Lipinski definition) is 3. The first-order valence-corrected chi connectivity index (χ1v) is 5.72. The number of aryl methyl sites for hydroxylation is 1. The zero-order chi connectivity index (χ0) is 13.1. The molecule has 0 aromatic heterocycles. The van der Waals surface area contributed by atoms with Crippen LogP contribution in [-0.4, -0.2) is 24.9 Å². The molecular weight excluding hydrogens is 273 g/mol. The van der Waals surface area contributed by atoms with Crippen molar-refractivity contribution in [2.24, 2.45) is 5.73 Å². The van der Waals surface area contributed by atoms with Gasteiger partial charge in [-0.25, -0.2) is 4.39 Å². The van der Waals surface area contributed by atoms with E-state index in [0.717, 1.165) is 5.56 Å². The van der Waals surface area contributed by atoms with E-state index in [-0.39, 0.29) is 23.9 Å². The molecule has 0 spiro atoms. The number of carbonyl (C=O) groups excluding carboxylic acids is 2. The Morgan fingerprint density at radius 2 is 2.16 bits per heavy atom. The van der Waals surface area contributed by atoms with Crippen LogP contribution in [0.25, 0.3) is 0 Å². The summed E-state index contributed by atoms with van der Waals surface area (Å²) in [6.07, 6.45) is 0.862. The molecule has 4 N–H and O–H groups in total. The molecule has 2 amide bonds. The normalized spacial score (nSPS) is 13.1. The first-order chi connectivity index (χ1) is 8.61. The van der Waals surface area contributed by atoms with Crippen LogP contribution in [0.1, 0.15) is 22.3 Å². The Hall–Kier alpha value is -1.66. The Morgan fingerprint density at radius 1 is 1.42 bits per heavy atom. The largest absolute Gasteiger partial charge is 0.351 e. The summed E-state index contributed by atoms with van der Waals surface area (Å²) in [5, 5.41) is 5.09. The Balaban J connectivity index is 0.00000180. The minimum atomic E-state index is -0.648. The van der Waals surface area contributed by atoms with Gasteiger partial charge in [0.2, 0.25) is 5.91 Å². The van der Waals surface area contributed by atoms with Gasteiger partial charge >= 0.3 is 0 Å². The van der Waals surface area contributed by atoms with Gasteiger partial charge in [-0.2, -0.15) is 0 Å². The van der Waals surface area contributed by atoms with E-state index >= 15 is 0 Å². The molecular formula is C12H15ClFN3O2. The summed E-state index contributed by atoms with van der Waals surface area (Å²) in [7, 11) is 0. The number of nitrogens with two attached hydrogens (primary N) is 1. The number of amides is 2. The lowest BCUT2D eigenvalue weighted by atomic mass is 9.99. The second kappa shape index (κ2) is 6.49. The van der Waals surface area contributed by atoms with Gasteiger partial charge in [0.05, 0.1) is 5.56 Å². The fraction of sp³-hybridized carbons (Fsp3) is 0.333. The van der Waals surface area contributed by atoms with Gasteiger partial charge in [0.15, 0.2) is 0 Å². The van der Waals surface area contributed by atoms with Crippen molar-refractivity contribution < 1.29 is 14.0 Å². The second-order valence-electron chi connectivity index (χ2n) is 4.08. The van der Waals surface area contributed by atoms with Crippen LogP contribution in [0.4, 0.5) is 10.1 Å². The minimum Gasteiger partial charge on any atom is -0.351 e. The van der Waals surface area contributed by atoms with Gasteiger partial charge in [0, 0.05) is 25.2 Å². The lowest BCUT2D eigenvalue weighted by molar-refractivity contribution is -0.116. The number of fused-ring (bicyclic) bond motifs is 1. The fourth-order valence-electron chi connectivity index (χ4n) is 1.86. The van der Waals surface area contributed by atoms with E-state index in [0.29, 0.717) is 31.6 Å². The first-order valence-electron chi connectivity index (χ1n) is 5.72. The number of carbonyl (C=O) groups is 2. The fourth-order valence-corrected chi connectivity index (χ4v) is 1.86. The highest BCUT2D eigenvalue weighted by molar-refractivity contribution is 5.98. The standard InChI is InChI=1S/C12H14FN3O2.ClH/c13-9-6-10-7(1-2-11(17)16-10)5-8(9)12(18)15-4-3-14;/h5-6H,1-4,14H2,(H,15,18)(H,16,17);1H. The van der Waals surface area contributed by atoms with Crippen LogP contribution >= 0.6 is 12.4 Å². The maximum atomic E-state index is 13.7. The van der Waals surface area contributed by atoms with E-state index in [1.165, 1.54) is 12.1 Å². The average molecular weight is 288 g/mol. The molecule has 19 heavy (non-hydrogen) atoms. The maximum Gasteiger partial charge on any atom is 0.254 e. The highest BCUT2D eigenvalue weighted by Crippen LogP contribution is 2.25. The lowest BCUT2D eigenvalue weighted by Crippen LogP contribution is -2.30. The predicted molar refractivity (Wildman–Crippen MR) is 72.0 cm³/mol. The van der Waals surface area contributed by atoms with Crippen molar-refractivity contribution in [1.29, 1.82) is 0 Å². The number of hydrogen-bond acceptors (Lipinski definition) is 3. The molecule has 7 heteroatoms. The predicted octanol–water partition coefficient (Wildman–Crippen LogP) is 0.821. The molecule has 0 saturated carbocycles. The van der Waals surface area contributed by atoms with Crippen molar-refractivity contribution in [3.63, 3.8) is 0 Å². The van der Waals surface area contributed by atoms with Gasteiger partial charge < -0.3 is 16.4 Å². The van der Waals surface area contributed by atoms with Crippen LogP contribution in [0, 0.1) is 5.82 Å². The van der Waals surface area contributed by atoms with Gasteiger partial charge in [-0.3, -0.25) is 9.59 Å². The van der Waals surface area contributed by atoms with Crippen LogP contribution in [0.5, 0.6) is 0 Å². The maximum absolute atomic E-state index is 13.7. The summed E-state index contributed by atoms with van der Waals surface area (Å²) >= 11 is 0. The van der Waals surface area contributed by atoms with Crippen molar-refractivity contribution in [3.8, 4) is 0 Å². The smallest absolute Gasteiger partial charge is 0.254 e. The van der Waals surface area contributed by atoms with Crippen LogP contribution in [0.2, 0.25) is 0 Å². The molecule has 0 saturated heterocycles. The van der Waals surface area contributed by atoms with E-state index in [9.17, 15) is 14.0 Å². The van der Waals surface area contributed by atoms with E-state index in [2.05, 4.69) is 10.6 Å². The molecule has 2 rings (SSSR count). The summed E-state index contributed by atoms with van der Waals surface area (Å²) in [6.45, 7) is 0.598. The van der Waals surface area contributed by atoms with Gasteiger partial charge in [0.1, 0.15) is 5.82 Å². The zero-order valence-corrected chi connectivity index (χ0v) is 11.0. The van der Waals surface area contributed by atoms with Crippen molar-refractivity contribution in [2.45, 2.75) is 12.8 Å². The second-order valence-corrected chi connectivity index (χ2v) is 4.08. The first kappa shape index (κ1) is 15.4. The van der Waals surface area contributed by atoms with E-state index in [1.54, 1.807) is 0 Å². The van der Waals surface area contributed by atoms with Gasteiger partial charge in [-0.15, -0.1) is 12.4 Å². The van der Waals surface area contributed by atoms with Crippen LogP contribution < -0.4 is 16.4 Å². The number of anilines is 1. The van der Waals surface area contributed by atoms with E-state index < -0.39 is 11.7 Å². The average Bonchev–Trinajstić information content (AvgIpc) is 2.35. The Labute approximate surface area is 116 Å². The van der Waals surface area contributed by atoms with Crippen molar-refractivity contribution in [2.75, 3.05) is 18.4 Å². The summed E-state index contributed by atoms with van der Waals surface area (Å²) in [6, 6.07) is 2.67.